The molecule has 0 saturated heterocycles. The summed E-state index contributed by atoms with van der Waals surface area (Å²) in [5.41, 5.74) is 2.90. The standard InChI is InChI=1S/C14H17NO3/c1-9-5-10(2)7-12(6-9)15-13(16)8-18-14(17)11-3-4-11/h5-7,11H,3-4,8H2,1-2H3,(H,15,16). The smallest absolute Gasteiger partial charge is 0.309 e. The van der Waals surface area contributed by atoms with E-state index < -0.39 is 0 Å². The molecule has 0 atom stereocenters. The molecule has 4 nitrogen and oxygen atoms in total. The van der Waals surface area contributed by atoms with Crippen LogP contribution in [0.1, 0.15) is 24.0 Å². The van der Waals surface area contributed by atoms with Gasteiger partial charge in [0.2, 0.25) is 0 Å². The van der Waals surface area contributed by atoms with Gasteiger partial charge in [0.05, 0.1) is 5.92 Å². The number of amides is 1. The van der Waals surface area contributed by atoms with E-state index in [4.69, 9.17) is 4.74 Å². The number of hydrogen-bond acceptors (Lipinski definition) is 3. The molecule has 1 fully saturated rings. The van der Waals surface area contributed by atoms with Crippen LogP contribution in [0.2, 0.25) is 0 Å². The first-order valence-corrected chi connectivity index (χ1v) is 6.09. The monoisotopic (exact) mass is 247 g/mol. The Morgan fingerprint density at radius 3 is 2.39 bits per heavy atom. The molecule has 1 aliphatic rings. The topological polar surface area (TPSA) is 55.4 Å². The fraction of sp³-hybridized carbons (Fsp3) is 0.429. The van der Waals surface area contributed by atoms with Crippen molar-refractivity contribution in [3.8, 4) is 0 Å². The van der Waals surface area contributed by atoms with Gasteiger partial charge in [-0.2, -0.15) is 0 Å². The van der Waals surface area contributed by atoms with E-state index >= 15 is 0 Å². The molecular formula is C14H17NO3. The van der Waals surface area contributed by atoms with E-state index in [-0.39, 0.29) is 24.4 Å². The van der Waals surface area contributed by atoms with E-state index in [1.807, 2.05) is 32.0 Å². The molecule has 0 spiro atoms. The predicted octanol–water partition coefficient (Wildman–Crippen LogP) is 2.20. The summed E-state index contributed by atoms with van der Waals surface area (Å²) >= 11 is 0. The molecule has 0 aromatic heterocycles. The highest BCUT2D eigenvalue weighted by atomic mass is 16.5. The average molecular weight is 247 g/mol. The first-order chi connectivity index (χ1) is 8.54. The van der Waals surface area contributed by atoms with Crippen molar-refractivity contribution in [2.75, 3.05) is 11.9 Å². The van der Waals surface area contributed by atoms with Gasteiger partial charge in [-0.05, 0) is 49.9 Å². The van der Waals surface area contributed by atoms with Gasteiger partial charge in [-0.15, -0.1) is 0 Å². The highest BCUT2D eigenvalue weighted by Crippen LogP contribution is 2.29. The second kappa shape index (κ2) is 5.21. The lowest BCUT2D eigenvalue weighted by Gasteiger charge is -2.08. The molecule has 4 heteroatoms. The molecule has 1 amide bonds. The van der Waals surface area contributed by atoms with Gasteiger partial charge in [0.25, 0.3) is 5.91 Å². The van der Waals surface area contributed by atoms with Crippen molar-refractivity contribution >= 4 is 17.6 Å². The number of hydrogen-bond donors (Lipinski definition) is 1. The van der Waals surface area contributed by atoms with E-state index in [0.29, 0.717) is 0 Å². The third-order valence-electron chi connectivity index (χ3n) is 2.76. The summed E-state index contributed by atoms with van der Waals surface area (Å²) in [4.78, 5) is 22.9. The van der Waals surface area contributed by atoms with Crippen molar-refractivity contribution in [3.05, 3.63) is 29.3 Å². The van der Waals surface area contributed by atoms with Crippen LogP contribution in [-0.2, 0) is 14.3 Å². The maximum absolute atomic E-state index is 11.6. The molecule has 1 saturated carbocycles. The maximum atomic E-state index is 11.6. The Balaban J connectivity index is 1.84. The molecule has 96 valence electrons. The molecule has 0 unspecified atom stereocenters. The minimum atomic E-state index is -0.297. The Labute approximate surface area is 106 Å². The molecule has 1 aliphatic carbocycles. The van der Waals surface area contributed by atoms with Gasteiger partial charge in [-0.1, -0.05) is 6.07 Å². The van der Waals surface area contributed by atoms with Crippen molar-refractivity contribution in [2.24, 2.45) is 5.92 Å². The Bertz CT molecular complexity index is 458. The maximum Gasteiger partial charge on any atom is 0.309 e. The van der Waals surface area contributed by atoms with Crippen LogP contribution in [0.25, 0.3) is 0 Å². The van der Waals surface area contributed by atoms with Gasteiger partial charge in [-0.25, -0.2) is 0 Å². The van der Waals surface area contributed by atoms with Crippen molar-refractivity contribution in [2.45, 2.75) is 26.7 Å². The van der Waals surface area contributed by atoms with Crippen LogP contribution < -0.4 is 5.32 Å². The van der Waals surface area contributed by atoms with Gasteiger partial charge in [0, 0.05) is 5.69 Å². The highest BCUT2D eigenvalue weighted by molar-refractivity contribution is 5.93. The lowest BCUT2D eigenvalue weighted by atomic mass is 10.1. The van der Waals surface area contributed by atoms with Crippen molar-refractivity contribution in [3.63, 3.8) is 0 Å². The van der Waals surface area contributed by atoms with E-state index in [2.05, 4.69) is 5.32 Å². The van der Waals surface area contributed by atoms with E-state index in [0.717, 1.165) is 29.7 Å². The van der Waals surface area contributed by atoms with Crippen LogP contribution in [0.15, 0.2) is 18.2 Å². The number of benzene rings is 1. The molecule has 0 bridgehead atoms. The second-order valence-corrected chi connectivity index (χ2v) is 4.81. The molecule has 1 aromatic carbocycles. The van der Waals surface area contributed by atoms with Crippen molar-refractivity contribution in [1.82, 2.24) is 0 Å². The summed E-state index contributed by atoms with van der Waals surface area (Å²) in [5, 5.41) is 2.72. The molecule has 0 heterocycles. The summed E-state index contributed by atoms with van der Waals surface area (Å²) in [6, 6.07) is 5.80. The Morgan fingerprint density at radius 2 is 1.83 bits per heavy atom. The molecular weight excluding hydrogens is 230 g/mol. The summed E-state index contributed by atoms with van der Waals surface area (Å²) < 4.78 is 4.91. The fourth-order valence-corrected chi connectivity index (χ4v) is 1.82. The number of carbonyl (C=O) groups excluding carboxylic acids is 2. The van der Waals surface area contributed by atoms with Gasteiger partial charge in [-0.3, -0.25) is 9.59 Å². The zero-order valence-corrected chi connectivity index (χ0v) is 10.7. The molecule has 0 aliphatic heterocycles. The van der Waals surface area contributed by atoms with Crippen LogP contribution >= 0.6 is 0 Å². The average Bonchev–Trinajstić information content (AvgIpc) is 3.08. The third kappa shape index (κ3) is 3.58. The van der Waals surface area contributed by atoms with E-state index in [1.165, 1.54) is 0 Å². The number of ether oxygens (including phenoxy) is 1. The van der Waals surface area contributed by atoms with Gasteiger partial charge in [0.1, 0.15) is 0 Å². The summed E-state index contributed by atoms with van der Waals surface area (Å²) in [6.07, 6.45) is 1.77. The first-order valence-electron chi connectivity index (χ1n) is 6.09. The molecule has 2 rings (SSSR count). The minimum absolute atomic E-state index is 0.0269. The van der Waals surface area contributed by atoms with Gasteiger partial charge < -0.3 is 10.1 Å². The Kier molecular flexibility index (Phi) is 3.65. The van der Waals surface area contributed by atoms with Crippen LogP contribution in [0.3, 0.4) is 0 Å². The Hall–Kier alpha value is -1.84. The molecule has 0 radical (unpaired) electrons. The SMILES string of the molecule is Cc1cc(C)cc(NC(=O)COC(=O)C2CC2)c1. The zero-order chi connectivity index (χ0) is 13.1. The molecule has 1 aromatic rings. The minimum Gasteiger partial charge on any atom is -0.455 e. The Morgan fingerprint density at radius 1 is 1.22 bits per heavy atom. The number of nitrogens with one attached hydrogen (secondary N) is 1. The zero-order valence-electron chi connectivity index (χ0n) is 10.7. The number of aryl methyl sites for hydroxylation is 2. The van der Waals surface area contributed by atoms with Gasteiger partial charge in [0.15, 0.2) is 6.61 Å². The quantitative estimate of drug-likeness (QED) is 0.830. The number of carbonyl (C=O) groups is 2. The molecule has 1 N–H and O–H groups in total. The summed E-state index contributed by atoms with van der Waals surface area (Å²) in [5.74, 6) is -0.529. The van der Waals surface area contributed by atoms with E-state index in [9.17, 15) is 9.59 Å². The van der Waals surface area contributed by atoms with Crippen molar-refractivity contribution < 1.29 is 14.3 Å². The number of rotatable bonds is 4. The van der Waals surface area contributed by atoms with Crippen LogP contribution in [0.4, 0.5) is 5.69 Å². The van der Waals surface area contributed by atoms with Crippen LogP contribution in [0.5, 0.6) is 0 Å². The predicted molar refractivity (Wildman–Crippen MR) is 68.2 cm³/mol. The summed E-state index contributed by atoms with van der Waals surface area (Å²) in [6.45, 7) is 3.73. The summed E-state index contributed by atoms with van der Waals surface area (Å²) in [7, 11) is 0. The lowest BCUT2D eigenvalue weighted by Crippen LogP contribution is -2.21. The van der Waals surface area contributed by atoms with Crippen LogP contribution in [0, 0.1) is 19.8 Å². The van der Waals surface area contributed by atoms with E-state index in [1.54, 1.807) is 0 Å². The highest BCUT2D eigenvalue weighted by Gasteiger charge is 2.31. The van der Waals surface area contributed by atoms with Crippen molar-refractivity contribution in [1.29, 1.82) is 0 Å². The van der Waals surface area contributed by atoms with Crippen LogP contribution in [-0.4, -0.2) is 18.5 Å². The largest absolute Gasteiger partial charge is 0.455 e. The van der Waals surface area contributed by atoms with Gasteiger partial charge >= 0.3 is 5.97 Å². The molecule has 18 heavy (non-hydrogen) atoms. The second-order valence-electron chi connectivity index (χ2n) is 4.81. The normalized spacial score (nSPS) is 14.1. The first kappa shape index (κ1) is 12.6. The number of esters is 1. The lowest BCUT2D eigenvalue weighted by molar-refractivity contribution is -0.148. The third-order valence-corrected chi connectivity index (χ3v) is 2.76. The fourth-order valence-electron chi connectivity index (χ4n) is 1.82. The number of anilines is 1.